The van der Waals surface area contributed by atoms with E-state index in [-0.39, 0.29) is 29.4 Å². The topological polar surface area (TPSA) is 122 Å². The third-order valence-corrected chi connectivity index (χ3v) is 16.5. The molecule has 0 amide bonds. The molecule has 4 fully saturated rings. The van der Waals surface area contributed by atoms with Crippen molar-refractivity contribution in [3.63, 3.8) is 0 Å². The second kappa shape index (κ2) is 11.4. The van der Waals surface area contributed by atoms with Gasteiger partial charge in [-0.1, -0.05) is 51.1 Å². The molecule has 3 aromatic rings. The van der Waals surface area contributed by atoms with E-state index in [2.05, 4.69) is 82.9 Å². The second-order valence-corrected chi connectivity index (χ2v) is 19.1. The van der Waals surface area contributed by atoms with E-state index in [0.717, 1.165) is 71.5 Å². The Morgan fingerprint density at radius 3 is 2.56 bits per heavy atom. The average Bonchev–Trinajstić information content (AvgIpc) is 3.42. The molecule has 0 radical (unpaired) electrons. The molecule has 2 saturated carbocycles. The quantitative estimate of drug-likeness (QED) is 0.218. The number of fused-ring (bicyclic) bond motifs is 4. The largest absolute Gasteiger partial charge is 0.496 e. The van der Waals surface area contributed by atoms with E-state index >= 15 is 4.79 Å². The molecule has 1 spiro atoms. The van der Waals surface area contributed by atoms with Gasteiger partial charge in [-0.25, -0.2) is 0 Å². The summed E-state index contributed by atoms with van der Waals surface area (Å²) in [6, 6.07) is 12.5. The fourth-order valence-electron chi connectivity index (χ4n) is 14.1. The minimum atomic E-state index is -1.44. The van der Waals surface area contributed by atoms with Gasteiger partial charge in [0, 0.05) is 83.5 Å². The summed E-state index contributed by atoms with van der Waals surface area (Å²) in [5, 5.41) is 38.4. The zero-order valence-electron chi connectivity index (χ0n) is 33.5. The zero-order valence-corrected chi connectivity index (χ0v) is 33.5. The SMILES string of the molecule is CC[C@]12C=CCN3CC[C@@]4(c5cc([C@@]6(C(=O)OC)CC78CC7N(CCc7c6[nH]c6ccccc76)CC(O)(C(C)C)C8)c(OC)cc5N(C)C4[C@](C)(O)[C@@H]1O)[C@@H]32. The van der Waals surface area contributed by atoms with Crippen molar-refractivity contribution < 1.29 is 29.6 Å². The molecule has 10 heteroatoms. The second-order valence-electron chi connectivity index (χ2n) is 19.1. The number of anilines is 1. The number of carbonyl (C=O) groups is 1. The van der Waals surface area contributed by atoms with Crippen LogP contribution < -0.4 is 9.64 Å². The van der Waals surface area contributed by atoms with E-state index in [4.69, 9.17) is 9.47 Å². The Labute approximate surface area is 324 Å². The molecule has 4 N–H and O–H groups in total. The average molecular weight is 751 g/mol. The van der Waals surface area contributed by atoms with E-state index in [0.29, 0.717) is 38.0 Å². The van der Waals surface area contributed by atoms with Crippen LogP contribution in [0.2, 0.25) is 0 Å². The number of aromatic amines is 1. The first-order chi connectivity index (χ1) is 26.2. The Bertz CT molecular complexity index is 2150. The molecule has 6 heterocycles. The van der Waals surface area contributed by atoms with Crippen molar-refractivity contribution in [1.29, 1.82) is 0 Å². The highest BCUT2D eigenvalue weighted by Gasteiger charge is 2.76. The first-order valence-electron chi connectivity index (χ1n) is 20.6. The lowest BCUT2D eigenvalue weighted by molar-refractivity contribution is -0.190. The van der Waals surface area contributed by atoms with Crippen molar-refractivity contribution in [1.82, 2.24) is 14.8 Å². The lowest BCUT2D eigenvalue weighted by atomic mass is 9.48. The number of piperidine rings is 1. The number of aromatic nitrogens is 1. The summed E-state index contributed by atoms with van der Waals surface area (Å²) in [4.78, 5) is 26.4. The van der Waals surface area contributed by atoms with Crippen LogP contribution in [0.25, 0.3) is 10.9 Å². The van der Waals surface area contributed by atoms with Gasteiger partial charge in [0.05, 0.1) is 32.0 Å². The molecule has 11 atom stereocenters. The van der Waals surface area contributed by atoms with Crippen LogP contribution >= 0.6 is 0 Å². The molecule has 2 bridgehead atoms. The number of nitrogens with one attached hydrogen (secondary N) is 1. The summed E-state index contributed by atoms with van der Waals surface area (Å²) in [6.07, 6.45) is 7.57. The summed E-state index contributed by atoms with van der Waals surface area (Å²) in [5.74, 6) is 0.300. The number of esters is 1. The molecule has 294 valence electrons. The number of aliphatic hydroxyl groups excluding tert-OH is 1. The van der Waals surface area contributed by atoms with E-state index < -0.39 is 39.6 Å². The first-order valence-corrected chi connectivity index (χ1v) is 20.6. The number of ether oxygens (including phenoxy) is 2. The van der Waals surface area contributed by atoms with Crippen molar-refractivity contribution in [3.8, 4) is 5.75 Å². The summed E-state index contributed by atoms with van der Waals surface area (Å²) in [5.41, 5.74) is 0.568. The number of aliphatic hydroxyl groups is 3. The summed E-state index contributed by atoms with van der Waals surface area (Å²) in [6.45, 7) is 11.2. The number of nitrogens with zero attached hydrogens (tertiary/aromatic N) is 3. The number of benzene rings is 2. The van der Waals surface area contributed by atoms with Gasteiger partial charge in [-0.2, -0.15) is 0 Å². The molecule has 2 aromatic carbocycles. The normalized spacial score (nSPS) is 42.5. The van der Waals surface area contributed by atoms with Crippen LogP contribution in [0.3, 0.4) is 0 Å². The fourth-order valence-corrected chi connectivity index (χ4v) is 14.1. The molecule has 10 nitrogen and oxygen atoms in total. The lowest BCUT2D eigenvalue weighted by Gasteiger charge is -2.63. The molecule has 7 aliphatic rings. The van der Waals surface area contributed by atoms with Crippen molar-refractivity contribution in [2.24, 2.45) is 16.7 Å². The Hall–Kier alpha value is -3.41. The highest BCUT2D eigenvalue weighted by Crippen LogP contribution is 2.69. The van der Waals surface area contributed by atoms with Gasteiger partial charge >= 0.3 is 5.97 Å². The van der Waals surface area contributed by atoms with Gasteiger partial charge in [0.15, 0.2) is 0 Å². The van der Waals surface area contributed by atoms with Crippen LogP contribution in [0.5, 0.6) is 5.75 Å². The number of rotatable bonds is 5. The molecule has 5 unspecified atom stereocenters. The Balaban J connectivity index is 1.28. The van der Waals surface area contributed by atoms with E-state index in [1.165, 1.54) is 7.11 Å². The number of carbonyl (C=O) groups excluding carboxylic acids is 1. The molecule has 2 aliphatic carbocycles. The molecule has 1 aromatic heterocycles. The summed E-state index contributed by atoms with van der Waals surface area (Å²) < 4.78 is 12.4. The van der Waals surface area contributed by atoms with Crippen LogP contribution in [-0.4, -0.2) is 119 Å². The monoisotopic (exact) mass is 750 g/mol. The predicted molar refractivity (Wildman–Crippen MR) is 212 cm³/mol. The van der Waals surface area contributed by atoms with Gasteiger partial charge < -0.3 is 34.7 Å². The predicted octanol–water partition coefficient (Wildman–Crippen LogP) is 4.66. The molecule has 5 aliphatic heterocycles. The van der Waals surface area contributed by atoms with E-state index in [9.17, 15) is 15.3 Å². The summed E-state index contributed by atoms with van der Waals surface area (Å²) >= 11 is 0. The third kappa shape index (κ3) is 4.20. The first kappa shape index (κ1) is 36.0. The van der Waals surface area contributed by atoms with Gasteiger partial charge in [-0.05, 0) is 86.6 Å². The molecular weight excluding hydrogens is 693 g/mol. The maximum Gasteiger partial charge on any atom is 0.322 e. The highest BCUT2D eigenvalue weighted by molar-refractivity contribution is 5.94. The highest BCUT2D eigenvalue weighted by atomic mass is 16.5. The summed E-state index contributed by atoms with van der Waals surface area (Å²) in [7, 11) is 5.22. The number of likely N-dealkylation sites (N-methyl/N-ethyl adjacent to an activating group) is 1. The van der Waals surface area contributed by atoms with E-state index in [1.54, 1.807) is 7.11 Å². The van der Waals surface area contributed by atoms with Gasteiger partial charge in [-0.3, -0.25) is 14.6 Å². The lowest BCUT2D eigenvalue weighted by Crippen LogP contribution is -2.77. The standard InChI is InChI=1S/C45H58N4O6/c1-8-42-15-11-17-48-19-16-44(37(42)48)29-20-30(33(54-6)21-32(29)47(5)36(44)40(4,52)38(42)50)45(39(51)55-7)24-41-22-34(41)49(25-43(53,23-41)26(2)3)18-14-28-27-12-9-10-13-31(27)46-35(28)45/h9-13,15,20-21,26,34,36-38,46,50,52-53H,8,14,16-19,22-25H2,1-7H3/t34?,36?,37-,38-,40-,41?,42+,43?,44-,45-/m0/s1. The maximum atomic E-state index is 15.4. The van der Waals surface area contributed by atoms with Crippen molar-refractivity contribution in [3.05, 3.63) is 70.9 Å². The zero-order chi connectivity index (χ0) is 38.7. The van der Waals surface area contributed by atoms with Gasteiger partial charge in [0.2, 0.25) is 0 Å². The minimum Gasteiger partial charge on any atom is -0.496 e. The molecular formula is C45H58N4O6. The third-order valence-electron chi connectivity index (χ3n) is 16.5. The van der Waals surface area contributed by atoms with Crippen molar-refractivity contribution in [2.45, 2.75) is 112 Å². The van der Waals surface area contributed by atoms with Crippen LogP contribution in [-0.2, 0) is 26.8 Å². The Morgan fingerprint density at radius 2 is 1.84 bits per heavy atom. The van der Waals surface area contributed by atoms with Gasteiger partial charge in [-0.15, -0.1) is 0 Å². The van der Waals surface area contributed by atoms with Crippen LogP contribution in [0.15, 0.2) is 48.6 Å². The number of para-hydroxylation sites is 1. The van der Waals surface area contributed by atoms with Crippen molar-refractivity contribution in [2.75, 3.05) is 52.3 Å². The maximum absolute atomic E-state index is 15.4. The molecule has 2 saturated heterocycles. The fraction of sp³-hybridized carbons (Fsp3) is 0.622. The number of methoxy groups -OCH3 is 2. The minimum absolute atomic E-state index is 0.0459. The Morgan fingerprint density at radius 1 is 1.05 bits per heavy atom. The Kier molecular flexibility index (Phi) is 7.44. The van der Waals surface area contributed by atoms with Crippen LogP contribution in [0.4, 0.5) is 5.69 Å². The van der Waals surface area contributed by atoms with Crippen LogP contribution in [0, 0.1) is 16.7 Å². The van der Waals surface area contributed by atoms with Gasteiger partial charge in [0.25, 0.3) is 0 Å². The van der Waals surface area contributed by atoms with Gasteiger partial charge in [0.1, 0.15) is 16.8 Å². The van der Waals surface area contributed by atoms with Crippen LogP contribution in [0.1, 0.15) is 82.2 Å². The molecule has 10 rings (SSSR count). The smallest absolute Gasteiger partial charge is 0.322 e. The number of hydrogen-bond acceptors (Lipinski definition) is 9. The number of hydrogen-bond donors (Lipinski definition) is 4. The number of H-pyrrole nitrogens is 1. The van der Waals surface area contributed by atoms with E-state index in [1.807, 2.05) is 20.0 Å². The van der Waals surface area contributed by atoms with Crippen molar-refractivity contribution >= 4 is 22.6 Å². The molecule has 55 heavy (non-hydrogen) atoms.